The number of fused-ring (bicyclic) bond motifs is 2. The zero-order valence-electron chi connectivity index (χ0n) is 28.9. The lowest BCUT2D eigenvalue weighted by Crippen LogP contribution is -2.11. The highest BCUT2D eigenvalue weighted by atomic mass is 14.8. The summed E-state index contributed by atoms with van der Waals surface area (Å²) in [6, 6.07) is 53.8. The van der Waals surface area contributed by atoms with Gasteiger partial charge in [-0.3, -0.25) is 0 Å². The van der Waals surface area contributed by atoms with Gasteiger partial charge in [-0.2, -0.15) is 0 Å². The van der Waals surface area contributed by atoms with Crippen molar-refractivity contribution in [3.63, 3.8) is 0 Å². The molecule has 2 N–H and O–H groups in total. The molecule has 0 spiro atoms. The maximum absolute atomic E-state index is 3.33. The summed E-state index contributed by atoms with van der Waals surface area (Å²) in [4.78, 5) is 3.26. The fourth-order valence-electron chi connectivity index (χ4n) is 7.83. The Hall–Kier alpha value is -6.38. The fourth-order valence-corrected chi connectivity index (χ4v) is 7.83. The van der Waals surface area contributed by atoms with Crippen molar-refractivity contribution in [2.75, 3.05) is 6.54 Å². The van der Waals surface area contributed by atoms with E-state index < -0.39 is 0 Å². The second kappa shape index (κ2) is 12.8. The number of aryl methyl sites for hydroxylation is 1. The molecule has 0 fully saturated rings. The maximum atomic E-state index is 3.33. The molecule has 2 heteroatoms. The first-order valence-corrected chi connectivity index (χ1v) is 17.7. The van der Waals surface area contributed by atoms with Crippen LogP contribution in [0.5, 0.6) is 0 Å². The summed E-state index contributed by atoms with van der Waals surface area (Å²) in [5.74, 6) is 0. The first-order valence-electron chi connectivity index (χ1n) is 17.7. The summed E-state index contributed by atoms with van der Waals surface area (Å²) in [5.41, 5.74) is 17.3. The van der Waals surface area contributed by atoms with E-state index in [0.29, 0.717) is 0 Å². The largest absolute Gasteiger partial charge is 0.387 e. The summed E-state index contributed by atoms with van der Waals surface area (Å²) in [7, 11) is 0. The number of aromatic nitrogens is 1. The Morgan fingerprint density at radius 1 is 0.431 bits per heavy atom. The molecule has 0 saturated heterocycles. The SMILES string of the molecule is CC1=CNCC=C1c1ccc(-c2c3ccccc3c(-c3ccc(-c4c[nH]cc4C)cc3)c3ccc(-c4cccc(-c5ccccc5)c4)cc23)cc1. The topological polar surface area (TPSA) is 27.8 Å². The van der Waals surface area contributed by atoms with E-state index in [2.05, 4.69) is 194 Å². The molecule has 1 aliphatic heterocycles. The molecule has 7 aromatic carbocycles. The fraction of sp³-hybridized carbons (Fsp3) is 0.0612. The van der Waals surface area contributed by atoms with Crippen LogP contribution in [0.2, 0.25) is 0 Å². The van der Waals surface area contributed by atoms with Gasteiger partial charge in [-0.05, 0) is 120 Å². The van der Waals surface area contributed by atoms with Gasteiger partial charge in [-0.25, -0.2) is 0 Å². The highest BCUT2D eigenvalue weighted by molar-refractivity contribution is 6.22. The molecular formula is C49H38N2. The van der Waals surface area contributed by atoms with Crippen LogP contribution >= 0.6 is 0 Å². The second-order valence-corrected chi connectivity index (χ2v) is 13.6. The standard InChI is InChI=1S/C49H38N2/c1-32-29-50-26-25-42(32)35-15-19-38(20-16-35)49-44-14-7-6-13-43(44)48(37-21-17-36(18-22-37)47-31-51-30-33(47)2)45-24-23-41(28-46(45)49)40-12-8-11-39(27-40)34-9-4-3-5-10-34/h3-25,27-31,50-51H,26H2,1-2H3. The molecule has 51 heavy (non-hydrogen) atoms. The van der Waals surface area contributed by atoms with E-state index >= 15 is 0 Å². The van der Waals surface area contributed by atoms with Crippen LogP contribution < -0.4 is 5.32 Å². The van der Waals surface area contributed by atoms with Crippen molar-refractivity contribution in [2.24, 2.45) is 0 Å². The van der Waals surface area contributed by atoms with E-state index in [1.165, 1.54) is 99.5 Å². The van der Waals surface area contributed by atoms with E-state index in [1.54, 1.807) is 0 Å². The normalized spacial score (nSPS) is 12.8. The molecule has 2 heterocycles. The summed E-state index contributed by atoms with van der Waals surface area (Å²) < 4.78 is 0. The average Bonchev–Trinajstić information content (AvgIpc) is 3.63. The summed E-state index contributed by atoms with van der Waals surface area (Å²) in [6.45, 7) is 5.18. The predicted octanol–water partition coefficient (Wildman–Crippen LogP) is 12.9. The smallest absolute Gasteiger partial charge is 0.0334 e. The minimum absolute atomic E-state index is 0.852. The molecule has 0 amide bonds. The Morgan fingerprint density at radius 3 is 1.65 bits per heavy atom. The first-order chi connectivity index (χ1) is 25.1. The predicted molar refractivity (Wildman–Crippen MR) is 217 cm³/mol. The molecule has 2 nitrogen and oxygen atoms in total. The van der Waals surface area contributed by atoms with Crippen LogP contribution in [0.4, 0.5) is 0 Å². The molecule has 0 radical (unpaired) electrons. The van der Waals surface area contributed by atoms with Gasteiger partial charge >= 0.3 is 0 Å². The lowest BCUT2D eigenvalue weighted by molar-refractivity contribution is 0.960. The van der Waals surface area contributed by atoms with Gasteiger partial charge in [-0.1, -0.05) is 140 Å². The Balaban J connectivity index is 1.27. The van der Waals surface area contributed by atoms with Gasteiger partial charge in [0.05, 0.1) is 0 Å². The van der Waals surface area contributed by atoms with Crippen LogP contribution in [0.1, 0.15) is 18.1 Å². The molecule has 0 unspecified atom stereocenters. The number of rotatable bonds is 6. The third-order valence-corrected chi connectivity index (χ3v) is 10.4. The number of hydrogen-bond acceptors (Lipinski definition) is 1. The van der Waals surface area contributed by atoms with Crippen molar-refractivity contribution in [1.29, 1.82) is 0 Å². The molecule has 1 aromatic heterocycles. The van der Waals surface area contributed by atoms with Crippen molar-refractivity contribution >= 4 is 27.1 Å². The molecule has 8 aromatic rings. The van der Waals surface area contributed by atoms with Crippen molar-refractivity contribution in [3.05, 3.63) is 187 Å². The monoisotopic (exact) mass is 654 g/mol. The van der Waals surface area contributed by atoms with E-state index in [0.717, 1.165) is 6.54 Å². The zero-order valence-corrected chi connectivity index (χ0v) is 28.9. The molecule has 9 rings (SSSR count). The number of H-pyrrole nitrogens is 1. The number of nitrogens with one attached hydrogen (secondary N) is 2. The van der Waals surface area contributed by atoms with E-state index in [4.69, 9.17) is 0 Å². The zero-order chi connectivity index (χ0) is 34.3. The Labute approximate surface area is 299 Å². The summed E-state index contributed by atoms with van der Waals surface area (Å²) in [5, 5.41) is 8.35. The Morgan fingerprint density at radius 2 is 0.980 bits per heavy atom. The van der Waals surface area contributed by atoms with Crippen molar-refractivity contribution < 1.29 is 0 Å². The van der Waals surface area contributed by atoms with Gasteiger partial charge < -0.3 is 10.3 Å². The highest BCUT2D eigenvalue weighted by Crippen LogP contribution is 2.45. The van der Waals surface area contributed by atoms with E-state index in [1.807, 2.05) is 0 Å². The van der Waals surface area contributed by atoms with Crippen LogP contribution in [0.3, 0.4) is 0 Å². The molecule has 0 aliphatic carbocycles. The van der Waals surface area contributed by atoms with Gasteiger partial charge in [-0.15, -0.1) is 0 Å². The van der Waals surface area contributed by atoms with Crippen LogP contribution in [0.25, 0.3) is 82.8 Å². The van der Waals surface area contributed by atoms with Crippen molar-refractivity contribution in [1.82, 2.24) is 10.3 Å². The number of dihydropyridines is 1. The molecule has 244 valence electrons. The van der Waals surface area contributed by atoms with E-state index in [-0.39, 0.29) is 0 Å². The van der Waals surface area contributed by atoms with Crippen LogP contribution in [0, 0.1) is 6.92 Å². The van der Waals surface area contributed by atoms with Crippen LogP contribution in [-0.4, -0.2) is 11.5 Å². The number of hydrogen-bond donors (Lipinski definition) is 2. The minimum Gasteiger partial charge on any atom is -0.387 e. The van der Waals surface area contributed by atoms with E-state index in [9.17, 15) is 0 Å². The van der Waals surface area contributed by atoms with Gasteiger partial charge in [0.15, 0.2) is 0 Å². The molecule has 0 bridgehead atoms. The second-order valence-electron chi connectivity index (χ2n) is 13.6. The van der Waals surface area contributed by atoms with Gasteiger partial charge in [0.1, 0.15) is 0 Å². The lowest BCUT2D eigenvalue weighted by atomic mass is 9.84. The average molecular weight is 655 g/mol. The van der Waals surface area contributed by atoms with Crippen LogP contribution in [-0.2, 0) is 0 Å². The molecule has 0 saturated carbocycles. The van der Waals surface area contributed by atoms with Crippen LogP contribution in [0.15, 0.2) is 176 Å². The number of benzene rings is 7. The number of allylic oxidation sites excluding steroid dienone is 2. The summed E-state index contributed by atoms with van der Waals surface area (Å²) in [6.07, 6.45) is 8.54. The molecular weight excluding hydrogens is 617 g/mol. The Bertz CT molecular complexity index is 2620. The minimum atomic E-state index is 0.852. The molecule has 1 aliphatic rings. The first kappa shape index (κ1) is 30.7. The quantitative estimate of drug-likeness (QED) is 0.172. The number of aromatic amines is 1. The highest BCUT2D eigenvalue weighted by Gasteiger charge is 2.19. The lowest BCUT2D eigenvalue weighted by Gasteiger charge is -2.20. The van der Waals surface area contributed by atoms with Gasteiger partial charge in [0, 0.05) is 30.7 Å². The Kier molecular flexibility index (Phi) is 7.71. The van der Waals surface area contributed by atoms with Crippen molar-refractivity contribution in [3.8, 4) is 55.6 Å². The third-order valence-electron chi connectivity index (χ3n) is 10.4. The van der Waals surface area contributed by atoms with Gasteiger partial charge in [0.25, 0.3) is 0 Å². The van der Waals surface area contributed by atoms with Crippen molar-refractivity contribution in [2.45, 2.75) is 13.8 Å². The molecule has 0 atom stereocenters. The third kappa shape index (κ3) is 5.56. The maximum Gasteiger partial charge on any atom is 0.0334 e. The summed E-state index contributed by atoms with van der Waals surface area (Å²) >= 11 is 0. The van der Waals surface area contributed by atoms with Gasteiger partial charge in [0.2, 0.25) is 0 Å².